The minimum Gasteiger partial charge on any atom is -0.330 e. The van der Waals surface area contributed by atoms with Gasteiger partial charge >= 0.3 is 0 Å². The summed E-state index contributed by atoms with van der Waals surface area (Å²) in [6.07, 6.45) is 4.26. The summed E-state index contributed by atoms with van der Waals surface area (Å²) in [4.78, 5) is 16.8. The van der Waals surface area contributed by atoms with Gasteiger partial charge in [-0.1, -0.05) is 38.1 Å². The molecule has 2 N–H and O–H groups in total. The van der Waals surface area contributed by atoms with E-state index in [-0.39, 0.29) is 11.7 Å². The fourth-order valence-corrected chi connectivity index (χ4v) is 2.41. The number of pyridine rings is 1. The Labute approximate surface area is 113 Å². The first-order valence-electron chi connectivity index (χ1n) is 6.70. The lowest BCUT2D eigenvalue weighted by Gasteiger charge is -2.16. The maximum atomic E-state index is 12.6. The Bertz CT molecular complexity index is 572. The van der Waals surface area contributed by atoms with Crippen LogP contribution in [0.15, 0.2) is 36.7 Å². The van der Waals surface area contributed by atoms with Gasteiger partial charge in [0, 0.05) is 35.8 Å². The van der Waals surface area contributed by atoms with Gasteiger partial charge in [0.25, 0.3) is 0 Å². The summed E-state index contributed by atoms with van der Waals surface area (Å²) in [5, 5.41) is 1.96. The minimum absolute atomic E-state index is 0.112. The van der Waals surface area contributed by atoms with E-state index in [1.165, 1.54) is 0 Å². The molecule has 0 radical (unpaired) electrons. The van der Waals surface area contributed by atoms with E-state index in [2.05, 4.69) is 18.8 Å². The third-order valence-corrected chi connectivity index (χ3v) is 3.34. The number of nitrogens with zero attached hydrogens (tertiary/aromatic N) is 1. The lowest BCUT2D eigenvalue weighted by Crippen LogP contribution is -2.25. The van der Waals surface area contributed by atoms with Gasteiger partial charge in [-0.2, -0.15) is 0 Å². The molecule has 1 aromatic heterocycles. The van der Waals surface area contributed by atoms with Gasteiger partial charge in [-0.15, -0.1) is 0 Å². The summed E-state index contributed by atoms with van der Waals surface area (Å²) in [6.45, 7) is 4.61. The predicted octanol–water partition coefficient (Wildman–Crippen LogP) is 3.04. The van der Waals surface area contributed by atoms with Crippen LogP contribution < -0.4 is 5.73 Å². The van der Waals surface area contributed by atoms with Crippen LogP contribution in [0.1, 0.15) is 30.6 Å². The van der Waals surface area contributed by atoms with E-state index in [1.54, 1.807) is 12.4 Å². The maximum absolute atomic E-state index is 12.6. The normalized spacial score (nSPS) is 12.8. The van der Waals surface area contributed by atoms with Gasteiger partial charge in [0.15, 0.2) is 5.78 Å². The lowest BCUT2D eigenvalue weighted by molar-refractivity contribution is 0.0910. The molecule has 2 aromatic rings. The summed E-state index contributed by atoms with van der Waals surface area (Å²) < 4.78 is 0. The number of rotatable bonds is 5. The van der Waals surface area contributed by atoms with E-state index >= 15 is 0 Å². The Hall–Kier alpha value is -1.74. The van der Waals surface area contributed by atoms with Crippen molar-refractivity contribution in [3.63, 3.8) is 0 Å². The van der Waals surface area contributed by atoms with Crippen molar-refractivity contribution in [2.24, 2.45) is 17.6 Å². The van der Waals surface area contributed by atoms with Crippen LogP contribution in [0.4, 0.5) is 0 Å². The second-order valence-electron chi connectivity index (χ2n) is 5.33. The molecule has 0 aliphatic carbocycles. The van der Waals surface area contributed by atoms with Crippen LogP contribution in [0.5, 0.6) is 0 Å². The van der Waals surface area contributed by atoms with Crippen LogP contribution in [-0.4, -0.2) is 17.3 Å². The maximum Gasteiger partial charge on any atom is 0.169 e. The third kappa shape index (κ3) is 2.99. The summed E-state index contributed by atoms with van der Waals surface area (Å²) in [6, 6.07) is 7.83. The molecule has 19 heavy (non-hydrogen) atoms. The molecule has 0 bridgehead atoms. The fraction of sp³-hybridized carbons (Fsp3) is 0.375. The largest absolute Gasteiger partial charge is 0.330 e. The lowest BCUT2D eigenvalue weighted by atomic mass is 9.89. The van der Waals surface area contributed by atoms with E-state index in [0.717, 1.165) is 17.2 Å². The standard InChI is InChI=1S/C16H20N2O/c1-11(2)7-13(8-17)16(19)15-10-18-9-12-5-3-4-6-14(12)15/h3-6,9-11,13H,7-8,17H2,1-2H3. The quantitative estimate of drug-likeness (QED) is 0.836. The molecule has 1 heterocycles. The number of carbonyl (C=O) groups is 1. The smallest absolute Gasteiger partial charge is 0.169 e. The van der Waals surface area contributed by atoms with E-state index in [9.17, 15) is 4.79 Å². The molecule has 1 aromatic carbocycles. The minimum atomic E-state index is -0.118. The molecule has 2 rings (SSSR count). The number of carbonyl (C=O) groups excluding carboxylic acids is 1. The van der Waals surface area contributed by atoms with Crippen LogP contribution >= 0.6 is 0 Å². The number of hydrogen-bond acceptors (Lipinski definition) is 3. The van der Waals surface area contributed by atoms with Crippen molar-refractivity contribution >= 4 is 16.6 Å². The van der Waals surface area contributed by atoms with Crippen molar-refractivity contribution in [1.82, 2.24) is 4.98 Å². The van der Waals surface area contributed by atoms with Crippen molar-refractivity contribution < 1.29 is 4.79 Å². The fourth-order valence-electron chi connectivity index (χ4n) is 2.41. The van der Waals surface area contributed by atoms with Gasteiger partial charge < -0.3 is 5.73 Å². The molecule has 0 saturated carbocycles. The highest BCUT2D eigenvalue weighted by Crippen LogP contribution is 2.22. The molecule has 0 fully saturated rings. The molecular weight excluding hydrogens is 236 g/mol. The second kappa shape index (κ2) is 5.93. The average Bonchev–Trinajstić information content (AvgIpc) is 2.43. The molecular formula is C16H20N2O. The first-order valence-corrected chi connectivity index (χ1v) is 6.70. The number of nitrogens with two attached hydrogens (primary N) is 1. The number of benzene rings is 1. The van der Waals surface area contributed by atoms with Crippen LogP contribution in [0, 0.1) is 11.8 Å². The molecule has 1 unspecified atom stereocenters. The van der Waals surface area contributed by atoms with E-state index in [0.29, 0.717) is 18.0 Å². The van der Waals surface area contributed by atoms with Gasteiger partial charge in [0.05, 0.1) is 0 Å². The highest BCUT2D eigenvalue weighted by Gasteiger charge is 2.21. The Morgan fingerprint density at radius 3 is 2.68 bits per heavy atom. The highest BCUT2D eigenvalue weighted by atomic mass is 16.1. The first kappa shape index (κ1) is 13.7. The first-order chi connectivity index (χ1) is 9.13. The molecule has 0 aliphatic rings. The average molecular weight is 256 g/mol. The Kier molecular flexibility index (Phi) is 4.27. The van der Waals surface area contributed by atoms with Crippen LogP contribution in [0.25, 0.3) is 10.8 Å². The van der Waals surface area contributed by atoms with Gasteiger partial charge in [-0.05, 0) is 17.7 Å². The Balaban J connectivity index is 2.40. The molecule has 0 amide bonds. The zero-order chi connectivity index (χ0) is 13.8. The third-order valence-electron chi connectivity index (χ3n) is 3.34. The van der Waals surface area contributed by atoms with Crippen molar-refractivity contribution in [2.45, 2.75) is 20.3 Å². The molecule has 100 valence electrons. The molecule has 3 nitrogen and oxygen atoms in total. The van der Waals surface area contributed by atoms with Crippen LogP contribution in [0.3, 0.4) is 0 Å². The van der Waals surface area contributed by atoms with Gasteiger partial charge in [0.2, 0.25) is 0 Å². The molecule has 0 saturated heterocycles. The number of aromatic nitrogens is 1. The summed E-state index contributed by atoms with van der Waals surface area (Å²) in [5.41, 5.74) is 6.45. The molecule has 0 aliphatic heterocycles. The SMILES string of the molecule is CC(C)CC(CN)C(=O)c1cncc2ccccc12. The zero-order valence-corrected chi connectivity index (χ0v) is 11.5. The topological polar surface area (TPSA) is 56.0 Å². The van der Waals surface area contributed by atoms with Crippen molar-refractivity contribution in [2.75, 3.05) is 6.54 Å². The van der Waals surface area contributed by atoms with E-state index in [1.807, 2.05) is 24.3 Å². The molecule has 3 heteroatoms. The molecule has 1 atom stereocenters. The molecule has 0 spiro atoms. The highest BCUT2D eigenvalue weighted by molar-refractivity contribution is 6.08. The number of fused-ring (bicyclic) bond motifs is 1. The van der Waals surface area contributed by atoms with Crippen molar-refractivity contribution in [3.8, 4) is 0 Å². The Morgan fingerprint density at radius 2 is 2.00 bits per heavy atom. The van der Waals surface area contributed by atoms with Crippen LogP contribution in [0.2, 0.25) is 0 Å². The predicted molar refractivity (Wildman–Crippen MR) is 78.1 cm³/mol. The van der Waals surface area contributed by atoms with E-state index < -0.39 is 0 Å². The second-order valence-corrected chi connectivity index (χ2v) is 5.33. The Morgan fingerprint density at radius 1 is 1.26 bits per heavy atom. The summed E-state index contributed by atoms with van der Waals surface area (Å²) in [5.74, 6) is 0.452. The van der Waals surface area contributed by atoms with Gasteiger partial charge in [-0.25, -0.2) is 0 Å². The van der Waals surface area contributed by atoms with Gasteiger partial charge in [0.1, 0.15) is 0 Å². The van der Waals surface area contributed by atoms with Crippen molar-refractivity contribution in [1.29, 1.82) is 0 Å². The van der Waals surface area contributed by atoms with Gasteiger partial charge in [-0.3, -0.25) is 9.78 Å². The number of Topliss-reactive ketones (excluding diaryl/α,β-unsaturated/α-hetero) is 1. The van der Waals surface area contributed by atoms with Crippen LogP contribution in [-0.2, 0) is 0 Å². The van der Waals surface area contributed by atoms with Crippen molar-refractivity contribution in [3.05, 3.63) is 42.2 Å². The summed E-state index contributed by atoms with van der Waals surface area (Å²) in [7, 11) is 0. The summed E-state index contributed by atoms with van der Waals surface area (Å²) >= 11 is 0. The number of ketones is 1. The monoisotopic (exact) mass is 256 g/mol. The van der Waals surface area contributed by atoms with E-state index in [4.69, 9.17) is 5.73 Å². The number of hydrogen-bond donors (Lipinski definition) is 1. The zero-order valence-electron chi connectivity index (χ0n) is 11.5.